The summed E-state index contributed by atoms with van der Waals surface area (Å²) in [6, 6.07) is 0. The molecule has 7 nitrogen and oxygen atoms in total. The van der Waals surface area contributed by atoms with Crippen LogP contribution in [0, 0.1) is 13.8 Å². The van der Waals surface area contributed by atoms with Crippen molar-refractivity contribution in [2.24, 2.45) is 0 Å². The summed E-state index contributed by atoms with van der Waals surface area (Å²) in [5.74, 6) is -1.09. The fraction of sp³-hybridized carbons (Fsp3) is 0.643. The highest BCUT2D eigenvalue weighted by molar-refractivity contribution is 5.83. The Morgan fingerprint density at radius 1 is 1.33 bits per heavy atom. The Kier molecular flexibility index (Phi) is 4.62. The van der Waals surface area contributed by atoms with Crippen LogP contribution in [-0.4, -0.2) is 62.7 Å². The van der Waals surface area contributed by atoms with E-state index in [1.54, 1.807) is 0 Å². The third kappa shape index (κ3) is 3.41. The lowest BCUT2D eigenvalue weighted by atomic mass is 10.1. The van der Waals surface area contributed by atoms with Gasteiger partial charge in [0.05, 0.1) is 12.2 Å². The molecule has 1 N–H and O–H groups in total. The molecule has 0 aliphatic carbocycles. The first kappa shape index (κ1) is 15.5. The molecule has 1 aromatic rings. The number of carbonyl (C=O) groups excluding carboxylic acids is 1. The summed E-state index contributed by atoms with van der Waals surface area (Å²) in [5, 5.41) is 13.3. The third-order valence-electron chi connectivity index (χ3n) is 3.94. The van der Waals surface area contributed by atoms with Gasteiger partial charge in [-0.3, -0.25) is 19.2 Å². The summed E-state index contributed by atoms with van der Waals surface area (Å²) in [5.41, 5.74) is 3.29. The number of hydrogen-bond donors (Lipinski definition) is 1. The van der Waals surface area contributed by atoms with Crippen LogP contribution in [0.5, 0.6) is 0 Å². The van der Waals surface area contributed by atoms with Crippen molar-refractivity contribution in [2.75, 3.05) is 26.2 Å². The lowest BCUT2D eigenvalue weighted by molar-refractivity contribution is -0.147. The fourth-order valence-corrected chi connectivity index (χ4v) is 2.72. The van der Waals surface area contributed by atoms with Crippen LogP contribution < -0.4 is 0 Å². The molecule has 2 rings (SSSR count). The maximum atomic E-state index is 12.0. The second kappa shape index (κ2) is 6.26. The second-order valence-electron chi connectivity index (χ2n) is 5.38. The minimum Gasteiger partial charge on any atom is -0.480 e. The Labute approximate surface area is 124 Å². The van der Waals surface area contributed by atoms with Gasteiger partial charge in [0.1, 0.15) is 6.54 Å². The highest BCUT2D eigenvalue weighted by Gasteiger charge is 2.26. The highest BCUT2D eigenvalue weighted by atomic mass is 16.4. The molecular weight excluding hydrogens is 272 g/mol. The summed E-state index contributed by atoms with van der Waals surface area (Å²) in [7, 11) is 0. The van der Waals surface area contributed by atoms with Gasteiger partial charge in [-0.2, -0.15) is 5.10 Å². The van der Waals surface area contributed by atoms with Crippen molar-refractivity contribution in [1.82, 2.24) is 19.6 Å². The van der Waals surface area contributed by atoms with Gasteiger partial charge in [0.15, 0.2) is 0 Å². The van der Waals surface area contributed by atoms with E-state index in [-0.39, 0.29) is 19.0 Å². The Hall–Kier alpha value is -1.89. The third-order valence-corrected chi connectivity index (χ3v) is 3.94. The van der Waals surface area contributed by atoms with Crippen molar-refractivity contribution in [2.45, 2.75) is 33.9 Å². The molecule has 0 spiro atoms. The predicted octanol–water partition coefficient (Wildman–Crippen LogP) is 0.249. The molecule has 0 radical (unpaired) electrons. The number of nitrogens with zero attached hydrogens (tertiary/aromatic N) is 4. The first-order valence-electron chi connectivity index (χ1n) is 7.17. The van der Waals surface area contributed by atoms with Gasteiger partial charge in [-0.25, -0.2) is 0 Å². The van der Waals surface area contributed by atoms with Crippen molar-refractivity contribution in [1.29, 1.82) is 0 Å². The van der Waals surface area contributed by atoms with Gasteiger partial charge in [-0.15, -0.1) is 0 Å². The summed E-state index contributed by atoms with van der Waals surface area (Å²) >= 11 is 0. The predicted molar refractivity (Wildman–Crippen MR) is 76.9 cm³/mol. The number of carbonyl (C=O) groups is 2. The number of aliphatic carboxylic acids is 1. The van der Waals surface area contributed by atoms with Gasteiger partial charge in [-0.1, -0.05) is 0 Å². The van der Waals surface area contributed by atoms with Crippen molar-refractivity contribution in [3.8, 4) is 0 Å². The van der Waals surface area contributed by atoms with Crippen LogP contribution in [0.4, 0.5) is 0 Å². The number of hydrogen-bond acceptors (Lipinski definition) is 4. The fourth-order valence-electron chi connectivity index (χ4n) is 2.72. The number of aromatic nitrogens is 2. The average Bonchev–Trinajstić information content (AvgIpc) is 2.69. The molecule has 1 aliphatic rings. The molecule has 0 aromatic carbocycles. The van der Waals surface area contributed by atoms with Crippen LogP contribution >= 0.6 is 0 Å². The van der Waals surface area contributed by atoms with Crippen LogP contribution in [0.3, 0.4) is 0 Å². The Bertz CT molecular complexity index is 553. The normalized spacial score (nSPS) is 16.5. The Morgan fingerprint density at radius 3 is 2.57 bits per heavy atom. The standard InChI is InChI=1S/C14H22N4O3/c1-4-18-11(3)12(10(2)15-18)7-16-5-6-17(9-14(20)21)13(19)8-16/h4-9H2,1-3H3,(H,20,21). The summed E-state index contributed by atoms with van der Waals surface area (Å²) in [6.45, 7) is 8.81. The molecule has 1 saturated heterocycles. The Morgan fingerprint density at radius 2 is 2.05 bits per heavy atom. The molecule has 21 heavy (non-hydrogen) atoms. The molecule has 0 saturated carbocycles. The molecule has 1 aromatic heterocycles. The van der Waals surface area contributed by atoms with Gasteiger partial charge in [0, 0.05) is 37.4 Å². The van der Waals surface area contributed by atoms with E-state index < -0.39 is 5.97 Å². The number of rotatable bonds is 5. The lowest BCUT2D eigenvalue weighted by Gasteiger charge is -2.33. The van der Waals surface area contributed by atoms with Gasteiger partial charge >= 0.3 is 5.97 Å². The maximum absolute atomic E-state index is 12.0. The number of carboxylic acids is 1. The van der Waals surface area contributed by atoms with Crippen LogP contribution in [0.25, 0.3) is 0 Å². The van der Waals surface area contributed by atoms with E-state index in [4.69, 9.17) is 5.11 Å². The van der Waals surface area contributed by atoms with E-state index in [9.17, 15) is 9.59 Å². The first-order chi connectivity index (χ1) is 9.92. The minimum atomic E-state index is -0.965. The van der Waals surface area contributed by atoms with E-state index in [1.807, 2.05) is 18.5 Å². The van der Waals surface area contributed by atoms with E-state index in [1.165, 1.54) is 4.90 Å². The molecule has 0 unspecified atom stereocenters. The largest absolute Gasteiger partial charge is 0.480 e. The number of piperazine rings is 1. The van der Waals surface area contributed by atoms with E-state index in [2.05, 4.69) is 16.9 Å². The summed E-state index contributed by atoms with van der Waals surface area (Å²) < 4.78 is 1.97. The zero-order valence-corrected chi connectivity index (χ0v) is 12.8. The summed E-state index contributed by atoms with van der Waals surface area (Å²) in [4.78, 5) is 26.1. The van der Waals surface area contributed by atoms with E-state index in [0.717, 1.165) is 23.5 Å². The summed E-state index contributed by atoms with van der Waals surface area (Å²) in [6.07, 6.45) is 0. The number of amides is 1. The second-order valence-corrected chi connectivity index (χ2v) is 5.38. The zero-order chi connectivity index (χ0) is 15.6. The monoisotopic (exact) mass is 294 g/mol. The molecule has 7 heteroatoms. The molecule has 0 atom stereocenters. The van der Waals surface area contributed by atoms with Crippen LogP contribution in [-0.2, 0) is 22.7 Å². The van der Waals surface area contributed by atoms with Crippen molar-refractivity contribution in [3.63, 3.8) is 0 Å². The molecule has 2 heterocycles. The van der Waals surface area contributed by atoms with E-state index in [0.29, 0.717) is 19.6 Å². The van der Waals surface area contributed by atoms with Crippen LogP contribution in [0.15, 0.2) is 0 Å². The average molecular weight is 294 g/mol. The van der Waals surface area contributed by atoms with Gasteiger partial charge in [0.25, 0.3) is 0 Å². The van der Waals surface area contributed by atoms with E-state index >= 15 is 0 Å². The maximum Gasteiger partial charge on any atom is 0.323 e. The number of aryl methyl sites for hydroxylation is 2. The molecule has 1 aliphatic heterocycles. The minimum absolute atomic E-state index is 0.123. The molecule has 1 fully saturated rings. The molecule has 0 bridgehead atoms. The van der Waals surface area contributed by atoms with Crippen molar-refractivity contribution >= 4 is 11.9 Å². The molecule has 116 valence electrons. The first-order valence-corrected chi connectivity index (χ1v) is 7.17. The van der Waals surface area contributed by atoms with Gasteiger partial charge in [-0.05, 0) is 20.8 Å². The van der Waals surface area contributed by atoms with Crippen molar-refractivity contribution < 1.29 is 14.7 Å². The van der Waals surface area contributed by atoms with Crippen molar-refractivity contribution in [3.05, 3.63) is 17.0 Å². The van der Waals surface area contributed by atoms with Gasteiger partial charge in [0.2, 0.25) is 5.91 Å². The molecule has 1 amide bonds. The topological polar surface area (TPSA) is 78.7 Å². The van der Waals surface area contributed by atoms with Gasteiger partial charge < -0.3 is 10.0 Å². The zero-order valence-electron chi connectivity index (χ0n) is 12.8. The Balaban J connectivity index is 2.01. The van der Waals surface area contributed by atoms with Crippen LogP contribution in [0.1, 0.15) is 23.9 Å². The lowest BCUT2D eigenvalue weighted by Crippen LogP contribution is -2.51. The van der Waals surface area contributed by atoms with Crippen LogP contribution in [0.2, 0.25) is 0 Å². The smallest absolute Gasteiger partial charge is 0.323 e. The number of carboxylic acid groups (broad SMARTS) is 1. The molecular formula is C14H22N4O3. The highest BCUT2D eigenvalue weighted by Crippen LogP contribution is 2.17. The quantitative estimate of drug-likeness (QED) is 0.842. The SMILES string of the molecule is CCn1nc(C)c(CN2CCN(CC(=O)O)C(=O)C2)c1C.